The fourth-order valence-electron chi connectivity index (χ4n) is 3.05. The van der Waals surface area contributed by atoms with E-state index in [1.54, 1.807) is 36.6 Å². The van der Waals surface area contributed by atoms with Crippen LogP contribution in [0.4, 0.5) is 0 Å². The number of rotatable bonds is 16. The molecule has 1 rings (SSSR count). The van der Waals surface area contributed by atoms with E-state index >= 15 is 0 Å². The second-order valence-electron chi connectivity index (χ2n) is 7.80. The summed E-state index contributed by atoms with van der Waals surface area (Å²) in [6.45, 7) is 0. The summed E-state index contributed by atoms with van der Waals surface area (Å²) in [6, 6.07) is 3.08. The first-order chi connectivity index (χ1) is 16.9. The summed E-state index contributed by atoms with van der Waals surface area (Å²) < 4.78 is 0. The molecule has 0 saturated heterocycles. The van der Waals surface area contributed by atoms with Gasteiger partial charge in [0.15, 0.2) is 0 Å². The first-order valence-electron chi connectivity index (χ1n) is 10.8. The van der Waals surface area contributed by atoms with Gasteiger partial charge in [0.1, 0.15) is 18.1 Å². The maximum absolute atomic E-state index is 12.8. The summed E-state index contributed by atoms with van der Waals surface area (Å²) in [4.78, 5) is 71.5. The molecule has 8 N–H and O–H groups in total. The van der Waals surface area contributed by atoms with Crippen molar-refractivity contribution in [1.82, 2.24) is 16.0 Å². The number of carboxylic acid groups (broad SMARTS) is 3. The van der Waals surface area contributed by atoms with Gasteiger partial charge in [-0.15, -0.1) is 0 Å². The van der Waals surface area contributed by atoms with E-state index in [9.17, 15) is 33.9 Å². The van der Waals surface area contributed by atoms with Crippen molar-refractivity contribution in [3.8, 4) is 0 Å². The van der Waals surface area contributed by atoms with E-state index in [2.05, 4.69) is 16.0 Å². The quantitative estimate of drug-likeness (QED) is 0.135. The molecule has 0 aliphatic carbocycles. The third-order valence-corrected chi connectivity index (χ3v) is 5.53. The summed E-state index contributed by atoms with van der Waals surface area (Å²) in [6.07, 6.45) is 0.194. The van der Waals surface area contributed by atoms with Crippen LogP contribution in [-0.2, 0) is 35.2 Å². The zero-order chi connectivity index (χ0) is 27.3. The third-order valence-electron chi connectivity index (χ3n) is 4.88. The van der Waals surface area contributed by atoms with Gasteiger partial charge >= 0.3 is 17.9 Å². The lowest BCUT2D eigenvalue weighted by Gasteiger charge is -2.24. The molecule has 0 fully saturated rings. The highest BCUT2D eigenvalue weighted by molar-refractivity contribution is 7.98. The number of carbonyl (C=O) groups excluding carboxylic acids is 3. The smallest absolute Gasteiger partial charge is 0.326 e. The van der Waals surface area contributed by atoms with Gasteiger partial charge in [0, 0.05) is 0 Å². The average molecular weight is 527 g/mol. The molecule has 4 unspecified atom stereocenters. The number of amides is 3. The van der Waals surface area contributed by atoms with E-state index in [0.717, 1.165) is 5.56 Å². The fraction of sp³-hybridized carbons (Fsp3) is 0.455. The van der Waals surface area contributed by atoms with Gasteiger partial charge in [-0.25, -0.2) is 4.79 Å². The summed E-state index contributed by atoms with van der Waals surface area (Å²) in [5.74, 6) is -6.82. The maximum atomic E-state index is 12.8. The first kappa shape index (κ1) is 30.4. The van der Waals surface area contributed by atoms with Gasteiger partial charge in [-0.1, -0.05) is 30.3 Å². The van der Waals surface area contributed by atoms with Crippen LogP contribution < -0.4 is 21.7 Å². The van der Waals surface area contributed by atoms with Crippen molar-refractivity contribution in [2.75, 3.05) is 12.0 Å². The Morgan fingerprint density at radius 1 is 0.806 bits per heavy atom. The second kappa shape index (κ2) is 15.4. The van der Waals surface area contributed by atoms with Crippen LogP contribution in [0.5, 0.6) is 0 Å². The normalized spacial score (nSPS) is 13.9. The Kier molecular flexibility index (Phi) is 13.0. The van der Waals surface area contributed by atoms with Crippen molar-refractivity contribution in [3.05, 3.63) is 35.9 Å². The SMILES string of the molecule is CSCCC(NC(=O)C(CC(=O)O)NC(=O)C(N)Cc1ccccc1)C(=O)NC(CC(=O)O)C(=O)O. The molecule has 0 aromatic heterocycles. The van der Waals surface area contributed by atoms with E-state index < -0.39 is 72.6 Å². The maximum Gasteiger partial charge on any atom is 0.326 e. The summed E-state index contributed by atoms with van der Waals surface area (Å²) >= 11 is 1.32. The Hall–Kier alpha value is -3.65. The van der Waals surface area contributed by atoms with Gasteiger partial charge in [-0.05, 0) is 30.4 Å². The van der Waals surface area contributed by atoms with Crippen LogP contribution in [0.2, 0.25) is 0 Å². The Balaban J connectivity index is 2.95. The highest BCUT2D eigenvalue weighted by Crippen LogP contribution is 2.06. The Bertz CT molecular complexity index is 945. The molecular weight excluding hydrogens is 496 g/mol. The van der Waals surface area contributed by atoms with Crippen LogP contribution in [0.25, 0.3) is 0 Å². The molecule has 4 atom stereocenters. The average Bonchev–Trinajstić information content (AvgIpc) is 2.80. The van der Waals surface area contributed by atoms with Crippen LogP contribution >= 0.6 is 11.8 Å². The molecule has 0 saturated carbocycles. The Morgan fingerprint density at radius 2 is 1.31 bits per heavy atom. The molecule has 3 amide bonds. The predicted molar refractivity (Wildman–Crippen MR) is 129 cm³/mol. The molecule has 0 aliphatic heterocycles. The van der Waals surface area contributed by atoms with Crippen molar-refractivity contribution in [2.24, 2.45) is 5.73 Å². The largest absolute Gasteiger partial charge is 0.481 e. The van der Waals surface area contributed by atoms with Crippen molar-refractivity contribution >= 4 is 47.4 Å². The minimum absolute atomic E-state index is 0.0272. The van der Waals surface area contributed by atoms with Crippen molar-refractivity contribution in [1.29, 1.82) is 0 Å². The number of aliphatic carboxylic acids is 3. The highest BCUT2D eigenvalue weighted by Gasteiger charge is 2.32. The summed E-state index contributed by atoms with van der Waals surface area (Å²) in [5, 5.41) is 33.9. The number of hydrogen-bond acceptors (Lipinski definition) is 8. The van der Waals surface area contributed by atoms with Crippen LogP contribution in [0.1, 0.15) is 24.8 Å². The minimum Gasteiger partial charge on any atom is -0.481 e. The predicted octanol–water partition coefficient (Wildman–Crippen LogP) is -1.20. The number of nitrogens with two attached hydrogens (primary N) is 1. The van der Waals surface area contributed by atoms with Crippen LogP contribution in [0.3, 0.4) is 0 Å². The lowest BCUT2D eigenvalue weighted by Crippen LogP contribution is -2.57. The molecule has 0 heterocycles. The molecule has 0 radical (unpaired) electrons. The molecule has 36 heavy (non-hydrogen) atoms. The van der Waals surface area contributed by atoms with Crippen LogP contribution in [0.15, 0.2) is 30.3 Å². The number of carboxylic acids is 3. The molecule has 1 aromatic rings. The van der Waals surface area contributed by atoms with Gasteiger partial charge in [0.05, 0.1) is 18.9 Å². The van der Waals surface area contributed by atoms with Gasteiger partial charge in [0.25, 0.3) is 0 Å². The molecule has 1 aromatic carbocycles. The van der Waals surface area contributed by atoms with E-state index in [1.165, 1.54) is 11.8 Å². The first-order valence-corrected chi connectivity index (χ1v) is 12.2. The van der Waals surface area contributed by atoms with E-state index in [1.807, 2.05) is 0 Å². The zero-order valence-corrected chi connectivity index (χ0v) is 20.3. The topological polar surface area (TPSA) is 225 Å². The standard InChI is InChI=1S/C22H30N4O9S/c1-36-8-7-14(20(32)26-16(22(34)35)11-18(29)30)24-21(33)15(10-17(27)28)25-19(31)13(23)9-12-5-3-2-4-6-12/h2-6,13-16H,7-11,23H2,1H3,(H,24,33)(H,25,31)(H,26,32)(H,27,28)(H,29,30)(H,34,35). The molecule has 0 spiro atoms. The number of hydrogen-bond donors (Lipinski definition) is 7. The van der Waals surface area contributed by atoms with Gasteiger partial charge in [-0.3, -0.25) is 24.0 Å². The molecule has 14 heteroatoms. The Morgan fingerprint density at radius 3 is 1.83 bits per heavy atom. The number of thioether (sulfide) groups is 1. The molecule has 13 nitrogen and oxygen atoms in total. The van der Waals surface area contributed by atoms with E-state index in [0.29, 0.717) is 5.75 Å². The van der Waals surface area contributed by atoms with Crippen LogP contribution in [-0.4, -0.2) is 87.1 Å². The Labute approximate surface area is 211 Å². The van der Waals surface area contributed by atoms with Crippen molar-refractivity contribution < 1.29 is 44.1 Å². The number of nitrogens with one attached hydrogen (secondary N) is 3. The van der Waals surface area contributed by atoms with Gasteiger partial charge < -0.3 is 37.0 Å². The van der Waals surface area contributed by atoms with Crippen molar-refractivity contribution in [3.63, 3.8) is 0 Å². The molecule has 198 valence electrons. The third kappa shape index (κ3) is 11.2. The molecule has 0 bridgehead atoms. The highest BCUT2D eigenvalue weighted by atomic mass is 32.2. The van der Waals surface area contributed by atoms with E-state index in [-0.39, 0.29) is 12.8 Å². The van der Waals surface area contributed by atoms with Gasteiger partial charge in [-0.2, -0.15) is 11.8 Å². The van der Waals surface area contributed by atoms with Crippen molar-refractivity contribution in [2.45, 2.75) is 49.9 Å². The lowest BCUT2D eigenvalue weighted by molar-refractivity contribution is -0.147. The summed E-state index contributed by atoms with van der Waals surface area (Å²) in [5.41, 5.74) is 6.66. The second-order valence-corrected chi connectivity index (χ2v) is 8.78. The van der Waals surface area contributed by atoms with Crippen LogP contribution in [0, 0.1) is 0 Å². The molecule has 0 aliphatic rings. The fourth-order valence-corrected chi connectivity index (χ4v) is 3.52. The van der Waals surface area contributed by atoms with Gasteiger partial charge in [0.2, 0.25) is 17.7 Å². The summed E-state index contributed by atoms with van der Waals surface area (Å²) in [7, 11) is 0. The minimum atomic E-state index is -1.74. The van der Waals surface area contributed by atoms with E-state index in [4.69, 9.17) is 15.9 Å². The lowest BCUT2D eigenvalue weighted by atomic mass is 10.0. The zero-order valence-electron chi connectivity index (χ0n) is 19.5. The monoisotopic (exact) mass is 526 g/mol. The molecular formula is C22H30N4O9S. The number of benzene rings is 1. The number of carbonyl (C=O) groups is 6.